The van der Waals surface area contributed by atoms with E-state index in [2.05, 4.69) is 30.9 Å². The van der Waals surface area contributed by atoms with Crippen molar-refractivity contribution in [2.24, 2.45) is 0 Å². The van der Waals surface area contributed by atoms with Gasteiger partial charge < -0.3 is 14.9 Å². The Hall–Kier alpha value is -1.28. The number of unbranched alkanes of at least 4 members (excludes halogenated alkanes) is 1. The zero-order chi connectivity index (χ0) is 19.5. The van der Waals surface area contributed by atoms with Gasteiger partial charge in [0.05, 0.1) is 12.2 Å². The second kappa shape index (κ2) is 12.2. The highest BCUT2D eigenvalue weighted by Crippen LogP contribution is 2.21. The lowest BCUT2D eigenvalue weighted by molar-refractivity contribution is -0.159. The quantitative estimate of drug-likeness (QED) is 0.427. The predicted octanol–water partition coefficient (Wildman–Crippen LogP) is 3.48. The van der Waals surface area contributed by atoms with E-state index in [9.17, 15) is 0 Å². The summed E-state index contributed by atoms with van der Waals surface area (Å²) in [5.41, 5.74) is 0. The van der Waals surface area contributed by atoms with Crippen LogP contribution in [0.1, 0.15) is 26.7 Å². The smallest absolute Gasteiger partial charge is 0.414 e. The van der Waals surface area contributed by atoms with Gasteiger partial charge in [0, 0.05) is 23.0 Å². The Morgan fingerprint density at radius 2 is 1.65 bits per heavy atom. The second-order valence-electron chi connectivity index (χ2n) is 6.14. The number of thioether (sulfide) groups is 1. The Bertz CT molecular complexity index is 547. The molecule has 0 bridgehead atoms. The molecule has 1 saturated heterocycles. The maximum Gasteiger partial charge on any atom is 0.414 e. The molecule has 0 aliphatic carbocycles. The fraction of sp³-hybridized carbons (Fsp3) is 0.556. The molecule has 1 aliphatic heterocycles. The first kappa shape index (κ1) is 22.8. The number of carboxylic acid groups (broad SMARTS) is 2. The summed E-state index contributed by atoms with van der Waals surface area (Å²) in [6, 6.07) is 8.11. The van der Waals surface area contributed by atoms with Gasteiger partial charge in [-0.05, 0) is 63.3 Å². The Kier molecular flexibility index (Phi) is 10.7. The largest absolute Gasteiger partial charge is 0.473 e. The Balaban J connectivity index is 0.000000487. The van der Waals surface area contributed by atoms with Gasteiger partial charge in [0.25, 0.3) is 0 Å². The molecule has 0 amide bonds. The molecule has 1 fully saturated rings. The molecule has 2 rings (SSSR count). The van der Waals surface area contributed by atoms with Crippen molar-refractivity contribution in [2.75, 3.05) is 25.4 Å². The highest BCUT2D eigenvalue weighted by atomic mass is 35.5. The maximum atomic E-state index is 9.10. The van der Waals surface area contributed by atoms with Gasteiger partial charge in [-0.2, -0.15) is 0 Å². The van der Waals surface area contributed by atoms with E-state index in [0.717, 1.165) is 18.1 Å². The third-order valence-corrected chi connectivity index (χ3v) is 4.98. The first-order valence-electron chi connectivity index (χ1n) is 8.50. The van der Waals surface area contributed by atoms with Gasteiger partial charge in [0.1, 0.15) is 0 Å². The lowest BCUT2D eigenvalue weighted by Gasteiger charge is -2.35. The van der Waals surface area contributed by atoms with Crippen LogP contribution >= 0.6 is 23.4 Å². The molecule has 146 valence electrons. The number of aliphatic carboxylic acids is 2. The van der Waals surface area contributed by atoms with Crippen molar-refractivity contribution in [3.63, 3.8) is 0 Å². The number of nitrogens with zero attached hydrogens (tertiary/aromatic N) is 1. The normalized spacial score (nSPS) is 20.1. The molecule has 0 saturated carbocycles. The molecule has 2 unspecified atom stereocenters. The standard InChI is InChI=1S/C16H24ClNOS.C2H2O4/c1-13-11-18(12-14(2)19-13)9-3-4-10-20-16-7-5-15(17)6-8-16;3-1(4)2(5)6/h5-8,13-14H,3-4,9-12H2,1-2H3;(H,3,4)(H,5,6). The number of morpholine rings is 1. The van der Waals surface area contributed by atoms with E-state index >= 15 is 0 Å². The van der Waals surface area contributed by atoms with Crippen molar-refractivity contribution in [1.29, 1.82) is 0 Å². The van der Waals surface area contributed by atoms with Gasteiger partial charge >= 0.3 is 11.9 Å². The van der Waals surface area contributed by atoms with Gasteiger partial charge in [-0.15, -0.1) is 11.8 Å². The SMILES string of the molecule is CC1CN(CCCCSc2ccc(Cl)cc2)CC(C)O1.O=C(O)C(=O)O. The predicted molar refractivity (Wildman–Crippen MR) is 103 cm³/mol. The average molecular weight is 404 g/mol. The van der Waals surface area contributed by atoms with Crippen LogP contribution in [0.15, 0.2) is 29.2 Å². The van der Waals surface area contributed by atoms with E-state index in [1.54, 1.807) is 0 Å². The minimum absolute atomic E-state index is 0.377. The Labute approximate surface area is 163 Å². The van der Waals surface area contributed by atoms with E-state index < -0.39 is 11.9 Å². The molecule has 6 nitrogen and oxygen atoms in total. The fourth-order valence-corrected chi connectivity index (χ4v) is 3.66. The summed E-state index contributed by atoms with van der Waals surface area (Å²) >= 11 is 7.79. The number of rotatable bonds is 6. The number of hydrogen-bond acceptors (Lipinski definition) is 5. The fourth-order valence-electron chi connectivity index (χ4n) is 2.63. The van der Waals surface area contributed by atoms with E-state index in [1.165, 1.54) is 30.0 Å². The van der Waals surface area contributed by atoms with Crippen LogP contribution in [0.4, 0.5) is 0 Å². The van der Waals surface area contributed by atoms with Crippen LogP contribution in [0.3, 0.4) is 0 Å². The van der Waals surface area contributed by atoms with Crippen molar-refractivity contribution in [2.45, 2.75) is 43.8 Å². The molecule has 1 heterocycles. The second-order valence-corrected chi connectivity index (χ2v) is 7.74. The van der Waals surface area contributed by atoms with Gasteiger partial charge in [-0.25, -0.2) is 9.59 Å². The molecular formula is C18H26ClNO5S. The van der Waals surface area contributed by atoms with E-state index in [0.29, 0.717) is 12.2 Å². The van der Waals surface area contributed by atoms with Crippen LogP contribution in [0.2, 0.25) is 5.02 Å². The number of halogens is 1. The van der Waals surface area contributed by atoms with Crippen LogP contribution < -0.4 is 0 Å². The number of carbonyl (C=O) groups is 2. The number of hydrogen-bond donors (Lipinski definition) is 2. The molecule has 1 aromatic rings. The third-order valence-electron chi connectivity index (χ3n) is 3.63. The lowest BCUT2D eigenvalue weighted by atomic mass is 10.2. The maximum absolute atomic E-state index is 9.10. The van der Waals surface area contributed by atoms with Crippen LogP contribution in [0, 0.1) is 0 Å². The Morgan fingerprint density at radius 3 is 2.15 bits per heavy atom. The van der Waals surface area contributed by atoms with Gasteiger partial charge in [0.15, 0.2) is 0 Å². The molecule has 8 heteroatoms. The molecule has 0 radical (unpaired) electrons. The number of carboxylic acids is 2. The van der Waals surface area contributed by atoms with Crippen LogP contribution in [-0.4, -0.2) is 64.6 Å². The Morgan fingerprint density at radius 1 is 1.12 bits per heavy atom. The van der Waals surface area contributed by atoms with E-state index in [-0.39, 0.29) is 0 Å². The molecule has 2 N–H and O–H groups in total. The summed E-state index contributed by atoms with van der Waals surface area (Å²) in [7, 11) is 0. The van der Waals surface area contributed by atoms with Gasteiger partial charge in [0.2, 0.25) is 0 Å². The average Bonchev–Trinajstić information content (AvgIpc) is 2.56. The highest BCUT2D eigenvalue weighted by Gasteiger charge is 2.21. The van der Waals surface area contributed by atoms with Crippen molar-refractivity contribution in [3.8, 4) is 0 Å². The molecule has 26 heavy (non-hydrogen) atoms. The summed E-state index contributed by atoms with van der Waals surface area (Å²) in [4.78, 5) is 22.0. The minimum atomic E-state index is -1.82. The van der Waals surface area contributed by atoms with Gasteiger partial charge in [-0.1, -0.05) is 11.6 Å². The third kappa shape index (κ3) is 10.0. The summed E-state index contributed by atoms with van der Waals surface area (Å²) in [5.74, 6) is -2.47. The zero-order valence-electron chi connectivity index (χ0n) is 15.1. The summed E-state index contributed by atoms with van der Waals surface area (Å²) < 4.78 is 5.75. The molecule has 0 aromatic heterocycles. The first-order valence-corrected chi connectivity index (χ1v) is 9.86. The van der Waals surface area contributed by atoms with E-state index in [4.69, 9.17) is 36.1 Å². The van der Waals surface area contributed by atoms with Gasteiger partial charge in [-0.3, -0.25) is 4.90 Å². The van der Waals surface area contributed by atoms with E-state index in [1.807, 2.05) is 23.9 Å². The molecular weight excluding hydrogens is 378 g/mol. The van der Waals surface area contributed by atoms with Crippen molar-refractivity contribution >= 4 is 35.3 Å². The molecule has 0 spiro atoms. The zero-order valence-corrected chi connectivity index (χ0v) is 16.6. The van der Waals surface area contributed by atoms with Crippen molar-refractivity contribution in [1.82, 2.24) is 4.90 Å². The number of ether oxygens (including phenoxy) is 1. The highest BCUT2D eigenvalue weighted by molar-refractivity contribution is 7.99. The number of benzene rings is 1. The topological polar surface area (TPSA) is 87.1 Å². The molecule has 1 aliphatic rings. The summed E-state index contributed by atoms with van der Waals surface area (Å²) in [5, 5.41) is 15.6. The summed E-state index contributed by atoms with van der Waals surface area (Å²) in [6.07, 6.45) is 3.28. The first-order chi connectivity index (χ1) is 12.3. The van der Waals surface area contributed by atoms with Crippen LogP contribution in [-0.2, 0) is 14.3 Å². The van der Waals surface area contributed by atoms with Crippen molar-refractivity contribution < 1.29 is 24.5 Å². The van der Waals surface area contributed by atoms with Crippen LogP contribution in [0.5, 0.6) is 0 Å². The molecule has 1 aromatic carbocycles. The lowest BCUT2D eigenvalue weighted by Crippen LogP contribution is -2.45. The monoisotopic (exact) mass is 403 g/mol. The minimum Gasteiger partial charge on any atom is -0.473 e. The summed E-state index contributed by atoms with van der Waals surface area (Å²) in [6.45, 7) is 7.68. The van der Waals surface area contributed by atoms with Crippen LogP contribution in [0.25, 0.3) is 0 Å². The molecule has 2 atom stereocenters. The van der Waals surface area contributed by atoms with Crippen molar-refractivity contribution in [3.05, 3.63) is 29.3 Å².